The van der Waals surface area contributed by atoms with Gasteiger partial charge >= 0.3 is 18.5 Å². The van der Waals surface area contributed by atoms with Gasteiger partial charge in [0.1, 0.15) is 17.2 Å². The minimum absolute atomic E-state index is 0.181. The Morgan fingerprint density at radius 3 is 2.26 bits per heavy atom. The fraction of sp³-hybridized carbons (Fsp3) is 0.118. The van der Waals surface area contributed by atoms with Gasteiger partial charge in [0.15, 0.2) is 0 Å². The number of carbonyl (C=O) groups is 1. The molecule has 0 aliphatic rings. The molecule has 0 bridgehead atoms. The number of alkyl halides is 6. The summed E-state index contributed by atoms with van der Waals surface area (Å²) >= 11 is 0. The Kier molecular flexibility index (Phi) is 5.40. The summed E-state index contributed by atoms with van der Waals surface area (Å²) in [6.45, 7) is 0. The molecule has 1 aromatic heterocycles. The Balaban J connectivity index is 1.95. The molecule has 0 unspecified atom stereocenters. The second kappa shape index (κ2) is 7.70. The molecule has 0 radical (unpaired) electrons. The highest BCUT2D eigenvalue weighted by Gasteiger charge is 2.32. The Labute approximate surface area is 168 Å². The molecular formula is C17H10F6N4O4. The number of carboxylic acids is 1. The number of hydrogen-bond acceptors (Lipinski definition) is 6. The highest BCUT2D eigenvalue weighted by molar-refractivity contribution is 5.88. The number of rotatable bonds is 5. The monoisotopic (exact) mass is 448 g/mol. The fourth-order valence-corrected chi connectivity index (χ4v) is 2.36. The maximum absolute atomic E-state index is 12.8. The van der Waals surface area contributed by atoms with Gasteiger partial charge in [0.2, 0.25) is 5.69 Å². The van der Waals surface area contributed by atoms with Gasteiger partial charge in [-0.25, -0.2) is 4.79 Å². The van der Waals surface area contributed by atoms with Crippen LogP contribution < -0.4 is 15.2 Å². The number of ether oxygens (including phenoxy) is 2. The molecular weight excluding hydrogens is 438 g/mol. The Morgan fingerprint density at radius 2 is 1.68 bits per heavy atom. The molecule has 0 saturated carbocycles. The molecule has 0 aliphatic heterocycles. The third-order valence-corrected chi connectivity index (χ3v) is 3.61. The van der Waals surface area contributed by atoms with Crippen molar-refractivity contribution in [2.24, 2.45) is 0 Å². The molecule has 0 atom stereocenters. The van der Waals surface area contributed by atoms with Gasteiger partial charge in [-0.1, -0.05) is 6.07 Å². The smallest absolute Gasteiger partial charge is 0.476 e. The van der Waals surface area contributed by atoms with E-state index < -0.39 is 47.1 Å². The van der Waals surface area contributed by atoms with E-state index in [4.69, 9.17) is 10.5 Å². The van der Waals surface area contributed by atoms with Gasteiger partial charge in [0.25, 0.3) is 5.88 Å². The van der Waals surface area contributed by atoms with Gasteiger partial charge in [0.05, 0.1) is 11.3 Å². The lowest BCUT2D eigenvalue weighted by Gasteiger charge is -2.10. The molecule has 164 valence electrons. The van der Waals surface area contributed by atoms with Crippen LogP contribution in [0.15, 0.2) is 42.5 Å². The Hall–Kier alpha value is -3.97. The highest BCUT2D eigenvalue weighted by Crippen LogP contribution is 2.33. The number of halogens is 6. The lowest BCUT2D eigenvalue weighted by molar-refractivity contribution is -0.274. The van der Waals surface area contributed by atoms with Crippen molar-refractivity contribution in [2.45, 2.75) is 12.5 Å². The lowest BCUT2D eigenvalue weighted by atomic mass is 10.1. The average molecular weight is 448 g/mol. The molecule has 0 aliphatic carbocycles. The van der Waals surface area contributed by atoms with Gasteiger partial charge in [0, 0.05) is 6.07 Å². The molecule has 14 heteroatoms. The molecule has 1 heterocycles. The predicted octanol–water partition coefficient (Wildman–Crippen LogP) is 4.26. The first-order chi connectivity index (χ1) is 14.3. The summed E-state index contributed by atoms with van der Waals surface area (Å²) in [6.07, 6.45) is -9.62. The number of anilines is 1. The number of hydrogen-bond donors (Lipinski definition) is 2. The van der Waals surface area contributed by atoms with Crippen LogP contribution in [-0.2, 0) is 6.18 Å². The molecule has 8 nitrogen and oxygen atoms in total. The second-order valence-electron chi connectivity index (χ2n) is 5.84. The van der Waals surface area contributed by atoms with Crippen LogP contribution in [0.3, 0.4) is 0 Å². The van der Waals surface area contributed by atoms with Gasteiger partial charge in [-0.2, -0.15) is 13.2 Å². The van der Waals surface area contributed by atoms with E-state index >= 15 is 0 Å². The summed E-state index contributed by atoms with van der Waals surface area (Å²) in [4.78, 5) is 12.1. The van der Waals surface area contributed by atoms with Gasteiger partial charge in [-0.05, 0) is 30.3 Å². The molecule has 0 amide bonds. The van der Waals surface area contributed by atoms with Gasteiger partial charge in [-0.15, -0.1) is 28.2 Å². The van der Waals surface area contributed by atoms with Crippen molar-refractivity contribution in [3.05, 3.63) is 53.7 Å². The van der Waals surface area contributed by atoms with E-state index in [-0.39, 0.29) is 11.4 Å². The number of nitrogens with zero attached hydrogens (tertiary/aromatic N) is 3. The van der Waals surface area contributed by atoms with E-state index in [2.05, 4.69) is 14.9 Å². The zero-order valence-corrected chi connectivity index (χ0v) is 14.9. The normalized spacial score (nSPS) is 11.9. The van der Waals surface area contributed by atoms with Gasteiger partial charge in [-0.3, -0.25) is 0 Å². The van der Waals surface area contributed by atoms with Crippen LogP contribution in [0.4, 0.5) is 32.0 Å². The average Bonchev–Trinajstić information content (AvgIpc) is 3.03. The number of carboxylic acid groups (broad SMARTS) is 1. The summed E-state index contributed by atoms with van der Waals surface area (Å²) in [5.74, 6) is -3.16. The van der Waals surface area contributed by atoms with Crippen molar-refractivity contribution in [2.75, 3.05) is 5.73 Å². The standard InChI is InChI=1S/C17H10F6N4O4/c18-16(19,20)8-4-5-12(11(24)6-8)27-25-13(15(28)29)14(26-27)30-9-2-1-3-10(7-9)31-17(21,22)23/h1-7H,24H2,(H,28,29). The number of aromatic nitrogens is 3. The molecule has 31 heavy (non-hydrogen) atoms. The maximum Gasteiger partial charge on any atom is 0.573 e. The molecule has 0 fully saturated rings. The summed E-state index contributed by atoms with van der Waals surface area (Å²) < 4.78 is 84.3. The van der Waals surface area contributed by atoms with Crippen molar-refractivity contribution >= 4 is 11.7 Å². The van der Waals surface area contributed by atoms with E-state index in [1.165, 1.54) is 6.07 Å². The van der Waals surface area contributed by atoms with Crippen molar-refractivity contribution in [1.29, 1.82) is 0 Å². The third kappa shape index (κ3) is 5.15. The number of benzene rings is 2. The SMILES string of the molecule is Nc1cc(C(F)(F)F)ccc1-n1nc(Oc2cccc(OC(F)(F)F)c2)c(C(=O)O)n1. The molecule has 3 N–H and O–H groups in total. The van der Waals surface area contributed by atoms with Crippen molar-refractivity contribution in [1.82, 2.24) is 15.0 Å². The van der Waals surface area contributed by atoms with Crippen LogP contribution in [0.5, 0.6) is 17.4 Å². The number of aromatic carboxylic acids is 1. The fourth-order valence-electron chi connectivity index (χ4n) is 2.36. The zero-order valence-electron chi connectivity index (χ0n) is 14.9. The first-order valence-corrected chi connectivity index (χ1v) is 8.05. The second-order valence-corrected chi connectivity index (χ2v) is 5.84. The topological polar surface area (TPSA) is 112 Å². The Bertz CT molecular complexity index is 1130. The molecule has 0 spiro atoms. The lowest BCUT2D eigenvalue weighted by Crippen LogP contribution is -2.17. The van der Waals surface area contributed by atoms with Crippen LogP contribution in [-0.4, -0.2) is 32.4 Å². The summed E-state index contributed by atoms with van der Waals surface area (Å²) in [6, 6.07) is 6.37. The van der Waals surface area contributed by atoms with Gasteiger partial charge < -0.3 is 20.3 Å². The van der Waals surface area contributed by atoms with Crippen molar-refractivity contribution < 1.29 is 45.7 Å². The third-order valence-electron chi connectivity index (χ3n) is 3.61. The predicted molar refractivity (Wildman–Crippen MR) is 90.9 cm³/mol. The molecule has 3 aromatic rings. The van der Waals surface area contributed by atoms with E-state index in [9.17, 15) is 36.2 Å². The van der Waals surface area contributed by atoms with Crippen LogP contribution in [0, 0.1) is 0 Å². The number of nitrogens with two attached hydrogens (primary N) is 1. The largest absolute Gasteiger partial charge is 0.573 e. The van der Waals surface area contributed by atoms with Crippen LogP contribution in [0.25, 0.3) is 5.69 Å². The summed E-state index contributed by atoms with van der Waals surface area (Å²) in [5, 5.41) is 16.6. The van der Waals surface area contributed by atoms with E-state index in [0.717, 1.165) is 24.3 Å². The summed E-state index contributed by atoms with van der Waals surface area (Å²) in [5.41, 5.74) is 3.21. The quantitative estimate of drug-likeness (QED) is 0.443. The molecule has 2 aromatic carbocycles. The minimum Gasteiger partial charge on any atom is -0.476 e. The highest BCUT2D eigenvalue weighted by atomic mass is 19.4. The van der Waals surface area contributed by atoms with Crippen molar-refractivity contribution in [3.63, 3.8) is 0 Å². The van der Waals surface area contributed by atoms with E-state index in [1.54, 1.807) is 0 Å². The van der Waals surface area contributed by atoms with Crippen molar-refractivity contribution in [3.8, 4) is 23.1 Å². The molecule has 3 rings (SSSR count). The van der Waals surface area contributed by atoms with Crippen LogP contribution in [0.2, 0.25) is 0 Å². The first-order valence-electron chi connectivity index (χ1n) is 8.05. The minimum atomic E-state index is -4.96. The molecule has 0 saturated heterocycles. The maximum atomic E-state index is 12.8. The first kappa shape index (κ1) is 21.7. The van der Waals surface area contributed by atoms with E-state index in [1.807, 2.05) is 0 Å². The zero-order chi connectivity index (χ0) is 23.0. The number of nitrogen functional groups attached to an aromatic ring is 1. The van der Waals surface area contributed by atoms with E-state index in [0.29, 0.717) is 16.9 Å². The van der Waals surface area contributed by atoms with Crippen LogP contribution >= 0.6 is 0 Å². The summed E-state index contributed by atoms with van der Waals surface area (Å²) in [7, 11) is 0. The Morgan fingerprint density at radius 1 is 1.00 bits per heavy atom. The van der Waals surface area contributed by atoms with Crippen LogP contribution in [0.1, 0.15) is 16.1 Å².